The molecule has 1 aromatic heterocycles. The van der Waals surface area contributed by atoms with Crippen LogP contribution in [0.5, 0.6) is 0 Å². The summed E-state index contributed by atoms with van der Waals surface area (Å²) >= 11 is 0. The number of carbonyl (C=O) groups excluding carboxylic acids is 3. The maximum absolute atomic E-state index is 13.8. The summed E-state index contributed by atoms with van der Waals surface area (Å²) in [7, 11) is 0. The topological polar surface area (TPSA) is 206 Å². The highest BCUT2D eigenvalue weighted by atomic mass is 35.5. The second-order valence-electron chi connectivity index (χ2n) is 13.0. The van der Waals surface area contributed by atoms with Crippen molar-refractivity contribution in [2.24, 2.45) is 17.6 Å². The molecule has 0 bridgehead atoms. The first kappa shape index (κ1) is 41.0. The summed E-state index contributed by atoms with van der Waals surface area (Å²) in [5.74, 6) is 0.136. The molecule has 53 heavy (non-hydrogen) atoms. The van der Waals surface area contributed by atoms with E-state index in [1.165, 1.54) is 0 Å². The van der Waals surface area contributed by atoms with Crippen molar-refractivity contribution in [3.63, 3.8) is 0 Å². The Hall–Kier alpha value is -4.73. The van der Waals surface area contributed by atoms with Gasteiger partial charge in [-0.25, -0.2) is 5.10 Å². The van der Waals surface area contributed by atoms with Crippen LogP contribution in [-0.2, 0) is 25.5 Å². The van der Waals surface area contributed by atoms with Gasteiger partial charge in [-0.3, -0.25) is 14.4 Å². The van der Waals surface area contributed by atoms with Crippen molar-refractivity contribution in [2.45, 2.75) is 45.1 Å². The van der Waals surface area contributed by atoms with E-state index in [2.05, 4.69) is 36.6 Å². The molecule has 4 aromatic rings. The molecule has 284 valence electrons. The summed E-state index contributed by atoms with van der Waals surface area (Å²) in [6.07, 6.45) is 3.57. The van der Waals surface area contributed by atoms with Crippen LogP contribution in [0.1, 0.15) is 47.2 Å². The van der Waals surface area contributed by atoms with E-state index >= 15 is 0 Å². The molecular formula is C38H49ClN8O6. The molecule has 1 heterocycles. The zero-order valence-corrected chi connectivity index (χ0v) is 30.7. The Morgan fingerprint density at radius 2 is 1.70 bits per heavy atom. The number of aryl methyl sites for hydroxylation is 1. The lowest BCUT2D eigenvalue weighted by Gasteiger charge is -2.28. The molecule has 5 rings (SSSR count). The van der Waals surface area contributed by atoms with Gasteiger partial charge in [0.2, 0.25) is 11.8 Å². The second kappa shape index (κ2) is 21.1. The van der Waals surface area contributed by atoms with Crippen LogP contribution in [0.3, 0.4) is 0 Å². The summed E-state index contributed by atoms with van der Waals surface area (Å²) in [6, 6.07) is 19.7. The zero-order valence-electron chi connectivity index (χ0n) is 29.9. The third kappa shape index (κ3) is 12.2. The van der Waals surface area contributed by atoms with Crippen LogP contribution in [0.25, 0.3) is 22.5 Å². The minimum absolute atomic E-state index is 0. The quantitative estimate of drug-likeness (QED) is 0.0818. The lowest BCUT2D eigenvalue weighted by molar-refractivity contribution is -0.130. The average molecular weight is 749 g/mol. The van der Waals surface area contributed by atoms with E-state index in [1.807, 2.05) is 43.3 Å². The Morgan fingerprint density at radius 1 is 0.943 bits per heavy atom. The number of aliphatic hydroxyl groups is 1. The number of aromatic amines is 1. The number of tetrazole rings is 1. The molecule has 14 nitrogen and oxygen atoms in total. The highest BCUT2D eigenvalue weighted by Crippen LogP contribution is 2.29. The third-order valence-corrected chi connectivity index (χ3v) is 9.26. The number of nitrogens with one attached hydrogen (secondary N) is 4. The molecule has 1 fully saturated rings. The maximum atomic E-state index is 13.8. The Morgan fingerprint density at radius 3 is 2.38 bits per heavy atom. The Bertz CT molecular complexity index is 1750. The summed E-state index contributed by atoms with van der Waals surface area (Å²) in [4.78, 5) is 40.1. The second-order valence-corrected chi connectivity index (χ2v) is 13.0. The molecule has 0 unspecified atom stereocenters. The van der Waals surface area contributed by atoms with Crippen molar-refractivity contribution in [3.05, 3.63) is 83.4 Å². The standard InChI is InChI=1S/C38H48N8O6.ClH/c1-25-21-31(36(48)40-15-17-51-19-20-52-18-16-47)11-14-33(25)30-4-2-3-27(22-30)23-34(42-37(49)29-7-5-26(24-39)6-8-29)38(50)41-32-12-9-28(10-13-32)35-43-45-46-44-35;/h2-4,9-14,21-22,26,29,34,47H,5-8,15-20,23-24,39H2,1H3,(H,40,48)(H,41,50)(H,42,49)(H,43,44,45,46);1H/t26-,29-,34-;/m0./s1. The van der Waals surface area contributed by atoms with Crippen LogP contribution < -0.4 is 21.7 Å². The molecule has 15 heteroatoms. The SMILES string of the molecule is Cc1cc(C(=O)NCCOCCOCCO)ccc1-c1cccc(C[C@H](NC(=O)[C@H]2CC[C@H](CN)CC2)C(=O)Nc2ccc(-c3nnn[nH]3)cc2)c1.Cl. The minimum atomic E-state index is -0.822. The molecule has 1 aliphatic rings. The predicted octanol–water partition coefficient (Wildman–Crippen LogP) is 3.45. The molecule has 7 N–H and O–H groups in total. The normalized spacial score (nSPS) is 15.9. The first-order chi connectivity index (χ1) is 25.3. The predicted molar refractivity (Wildman–Crippen MR) is 203 cm³/mol. The van der Waals surface area contributed by atoms with Gasteiger partial charge in [-0.15, -0.1) is 17.5 Å². The van der Waals surface area contributed by atoms with E-state index in [-0.39, 0.29) is 55.7 Å². The number of hydrogen-bond donors (Lipinski definition) is 6. The number of halogens is 1. The molecule has 3 aromatic carbocycles. The number of anilines is 1. The van der Waals surface area contributed by atoms with Gasteiger partial charge in [-0.05, 0) is 114 Å². The molecule has 0 saturated heterocycles. The van der Waals surface area contributed by atoms with Crippen LogP contribution in [0.2, 0.25) is 0 Å². The van der Waals surface area contributed by atoms with E-state index in [0.717, 1.165) is 53.5 Å². The number of hydrogen-bond acceptors (Lipinski definition) is 10. The van der Waals surface area contributed by atoms with Gasteiger partial charge in [0.1, 0.15) is 6.04 Å². The first-order valence-corrected chi connectivity index (χ1v) is 17.7. The Labute approximate surface area is 315 Å². The molecule has 0 aliphatic heterocycles. The van der Waals surface area contributed by atoms with Gasteiger partial charge in [0.05, 0.1) is 33.0 Å². The number of rotatable bonds is 18. The van der Waals surface area contributed by atoms with E-state index < -0.39 is 6.04 Å². The molecular weight excluding hydrogens is 700 g/mol. The average Bonchev–Trinajstić information content (AvgIpc) is 3.71. The number of benzene rings is 3. The number of ether oxygens (including phenoxy) is 2. The summed E-state index contributed by atoms with van der Waals surface area (Å²) in [6.45, 7) is 4.28. The number of nitrogens with two attached hydrogens (primary N) is 1. The number of H-pyrrole nitrogens is 1. The van der Waals surface area contributed by atoms with Crippen molar-refractivity contribution in [1.29, 1.82) is 0 Å². The Balaban J connectivity index is 0.00000627. The lowest BCUT2D eigenvalue weighted by atomic mass is 9.81. The van der Waals surface area contributed by atoms with Gasteiger partial charge < -0.3 is 36.3 Å². The zero-order chi connectivity index (χ0) is 36.7. The van der Waals surface area contributed by atoms with Gasteiger partial charge in [0, 0.05) is 35.7 Å². The first-order valence-electron chi connectivity index (χ1n) is 17.7. The van der Waals surface area contributed by atoms with Crippen molar-refractivity contribution in [1.82, 2.24) is 31.3 Å². The summed E-state index contributed by atoms with van der Waals surface area (Å²) < 4.78 is 10.6. The van der Waals surface area contributed by atoms with Gasteiger partial charge >= 0.3 is 0 Å². The maximum Gasteiger partial charge on any atom is 0.251 e. The van der Waals surface area contributed by atoms with E-state index in [4.69, 9.17) is 20.3 Å². The van der Waals surface area contributed by atoms with Crippen LogP contribution >= 0.6 is 12.4 Å². The lowest BCUT2D eigenvalue weighted by Crippen LogP contribution is -2.48. The molecule has 1 saturated carbocycles. The van der Waals surface area contributed by atoms with Gasteiger partial charge in [-0.1, -0.05) is 30.3 Å². The fraction of sp³-hybridized carbons (Fsp3) is 0.421. The molecule has 3 amide bonds. The summed E-state index contributed by atoms with van der Waals surface area (Å²) in [5.41, 5.74) is 11.4. The monoisotopic (exact) mass is 748 g/mol. The van der Waals surface area contributed by atoms with Crippen molar-refractivity contribution >= 4 is 35.8 Å². The van der Waals surface area contributed by atoms with Crippen LogP contribution in [0.4, 0.5) is 5.69 Å². The van der Waals surface area contributed by atoms with E-state index in [0.29, 0.717) is 55.9 Å². The van der Waals surface area contributed by atoms with Crippen molar-refractivity contribution < 1.29 is 29.0 Å². The third-order valence-electron chi connectivity index (χ3n) is 9.26. The van der Waals surface area contributed by atoms with Gasteiger partial charge in [0.15, 0.2) is 5.82 Å². The van der Waals surface area contributed by atoms with Crippen LogP contribution in [-0.4, -0.2) is 95.6 Å². The number of nitrogens with zero attached hydrogens (tertiary/aromatic N) is 3. The molecule has 1 aliphatic carbocycles. The fourth-order valence-corrected chi connectivity index (χ4v) is 6.34. The molecule has 0 radical (unpaired) electrons. The smallest absolute Gasteiger partial charge is 0.251 e. The van der Waals surface area contributed by atoms with E-state index in [9.17, 15) is 14.4 Å². The number of amides is 3. The van der Waals surface area contributed by atoms with E-state index in [1.54, 1.807) is 30.3 Å². The summed E-state index contributed by atoms with van der Waals surface area (Å²) in [5, 5.41) is 31.5. The highest BCUT2D eigenvalue weighted by molar-refractivity contribution is 5.98. The highest BCUT2D eigenvalue weighted by Gasteiger charge is 2.29. The van der Waals surface area contributed by atoms with Crippen molar-refractivity contribution in [3.8, 4) is 22.5 Å². The Kier molecular flexibility index (Phi) is 16.3. The van der Waals surface area contributed by atoms with Crippen molar-refractivity contribution in [2.75, 3.05) is 51.4 Å². The van der Waals surface area contributed by atoms with Crippen LogP contribution in [0, 0.1) is 18.8 Å². The van der Waals surface area contributed by atoms with Crippen LogP contribution in [0.15, 0.2) is 66.7 Å². The van der Waals surface area contributed by atoms with Gasteiger partial charge in [0.25, 0.3) is 5.91 Å². The fourth-order valence-electron chi connectivity index (χ4n) is 6.34. The molecule has 0 spiro atoms. The number of aromatic nitrogens is 4. The minimum Gasteiger partial charge on any atom is -0.394 e. The number of aliphatic hydroxyl groups excluding tert-OH is 1. The largest absolute Gasteiger partial charge is 0.394 e. The molecule has 1 atom stereocenters. The number of carbonyl (C=O) groups is 3. The van der Waals surface area contributed by atoms with Gasteiger partial charge in [-0.2, -0.15) is 0 Å².